The first-order valence-corrected chi connectivity index (χ1v) is 6.71. The fraction of sp³-hybridized carbons (Fsp3) is 0.267. The smallest absolute Gasteiger partial charge is 0.380 e. The minimum Gasteiger partial charge on any atom is -0.478 e. The highest BCUT2D eigenvalue weighted by Crippen LogP contribution is 2.16. The molecule has 0 radical (unpaired) electrons. The maximum absolute atomic E-state index is 11.9. The number of non-ortho nitro benzene ring substituents is 1. The molecule has 1 rings (SSSR count). The topological polar surface area (TPSA) is 124 Å². The molecule has 1 atom stereocenters. The number of ketones is 1. The van der Waals surface area contributed by atoms with Gasteiger partial charge in [-0.1, -0.05) is 19.1 Å². The van der Waals surface area contributed by atoms with Crippen molar-refractivity contribution in [2.24, 2.45) is 0 Å². The van der Waals surface area contributed by atoms with Gasteiger partial charge in [-0.3, -0.25) is 14.9 Å². The van der Waals surface area contributed by atoms with Gasteiger partial charge in [-0.15, -0.1) is 0 Å². The quantitative estimate of drug-likeness (QED) is 0.155. The van der Waals surface area contributed by atoms with E-state index in [1.54, 1.807) is 13.8 Å². The number of carbonyl (C=O) groups is 3. The second-order valence-corrected chi connectivity index (χ2v) is 4.67. The summed E-state index contributed by atoms with van der Waals surface area (Å²) in [5, 5.41) is 19.8. The fourth-order valence-electron chi connectivity index (χ4n) is 1.55. The third-order valence-electron chi connectivity index (χ3n) is 2.94. The Labute approximate surface area is 131 Å². The van der Waals surface area contributed by atoms with E-state index in [4.69, 9.17) is 9.84 Å². The summed E-state index contributed by atoms with van der Waals surface area (Å²) in [5.41, 5.74) is -0.974. The molecule has 122 valence electrons. The number of ether oxygens (including phenoxy) is 1. The van der Waals surface area contributed by atoms with Gasteiger partial charge in [0.2, 0.25) is 0 Å². The van der Waals surface area contributed by atoms with E-state index in [-0.39, 0.29) is 11.3 Å². The number of esters is 1. The van der Waals surface area contributed by atoms with Crippen LogP contribution < -0.4 is 0 Å². The lowest BCUT2D eigenvalue weighted by Gasteiger charge is -2.10. The summed E-state index contributed by atoms with van der Waals surface area (Å²) in [7, 11) is 0. The van der Waals surface area contributed by atoms with E-state index in [0.717, 1.165) is 12.1 Å². The van der Waals surface area contributed by atoms with Gasteiger partial charge >= 0.3 is 11.9 Å². The molecule has 23 heavy (non-hydrogen) atoms. The third-order valence-corrected chi connectivity index (χ3v) is 2.94. The number of carboxylic acids is 1. The molecule has 0 fully saturated rings. The van der Waals surface area contributed by atoms with Gasteiger partial charge < -0.3 is 9.84 Å². The second kappa shape index (κ2) is 7.83. The SMILES string of the molecule is CCC(C)OC(=O)C(=O)C(=Cc1cccc([N+](=O)[O-])c1)C(=O)O. The number of carbonyl (C=O) groups excluding carboxylic acids is 2. The molecule has 1 aromatic rings. The normalized spacial score (nSPS) is 12.3. The average Bonchev–Trinajstić information content (AvgIpc) is 2.51. The number of nitro benzene ring substituents is 1. The Balaban J connectivity index is 3.13. The Morgan fingerprint density at radius 1 is 1.39 bits per heavy atom. The van der Waals surface area contributed by atoms with Crippen LogP contribution in [0.3, 0.4) is 0 Å². The van der Waals surface area contributed by atoms with E-state index in [9.17, 15) is 24.5 Å². The molecule has 0 saturated carbocycles. The fourth-order valence-corrected chi connectivity index (χ4v) is 1.55. The summed E-state index contributed by atoms with van der Waals surface area (Å²) in [5.74, 6) is -4.22. The van der Waals surface area contributed by atoms with Crippen LogP contribution in [0, 0.1) is 10.1 Å². The minimum absolute atomic E-state index is 0.112. The van der Waals surface area contributed by atoms with Crippen molar-refractivity contribution in [2.75, 3.05) is 0 Å². The van der Waals surface area contributed by atoms with Crippen molar-refractivity contribution >= 4 is 29.5 Å². The molecule has 0 aromatic heterocycles. The second-order valence-electron chi connectivity index (χ2n) is 4.67. The van der Waals surface area contributed by atoms with E-state index < -0.39 is 34.3 Å². The number of hydrogen-bond acceptors (Lipinski definition) is 6. The molecule has 0 amide bonds. The van der Waals surface area contributed by atoms with Gasteiger partial charge in [0.05, 0.1) is 11.0 Å². The van der Waals surface area contributed by atoms with Crippen LogP contribution >= 0.6 is 0 Å². The van der Waals surface area contributed by atoms with Gasteiger partial charge in [0.1, 0.15) is 5.57 Å². The minimum atomic E-state index is -1.62. The number of Topliss-reactive ketones (excluding diaryl/α,β-unsaturated/α-hetero) is 1. The first kappa shape index (κ1) is 18.0. The number of hydrogen-bond donors (Lipinski definition) is 1. The van der Waals surface area contributed by atoms with E-state index in [2.05, 4.69) is 0 Å². The van der Waals surface area contributed by atoms with Crippen LogP contribution in [0.1, 0.15) is 25.8 Å². The third kappa shape index (κ3) is 5.03. The van der Waals surface area contributed by atoms with E-state index in [1.165, 1.54) is 18.2 Å². The van der Waals surface area contributed by atoms with Gasteiger partial charge in [0.15, 0.2) is 0 Å². The maximum Gasteiger partial charge on any atom is 0.380 e. The van der Waals surface area contributed by atoms with Crippen LogP contribution in [0.15, 0.2) is 29.8 Å². The Hall–Kier alpha value is -3.03. The molecule has 8 nitrogen and oxygen atoms in total. The monoisotopic (exact) mass is 321 g/mol. The first-order chi connectivity index (χ1) is 10.8. The highest BCUT2D eigenvalue weighted by Gasteiger charge is 2.27. The molecular weight excluding hydrogens is 306 g/mol. The van der Waals surface area contributed by atoms with Crippen molar-refractivity contribution in [2.45, 2.75) is 26.4 Å². The predicted molar refractivity (Wildman–Crippen MR) is 79.6 cm³/mol. The van der Waals surface area contributed by atoms with Gasteiger partial charge in [-0.25, -0.2) is 9.59 Å². The van der Waals surface area contributed by atoms with Crippen LogP contribution in [0.2, 0.25) is 0 Å². The summed E-state index contributed by atoms with van der Waals surface area (Å²) in [6.45, 7) is 3.30. The Morgan fingerprint density at radius 3 is 2.57 bits per heavy atom. The molecule has 1 aromatic carbocycles. The zero-order valence-electron chi connectivity index (χ0n) is 12.5. The number of nitro groups is 1. The van der Waals surface area contributed by atoms with Crippen LogP contribution in [-0.4, -0.2) is 33.9 Å². The molecule has 0 saturated heterocycles. The molecule has 0 bridgehead atoms. The summed E-state index contributed by atoms with van der Waals surface area (Å²) in [6.07, 6.45) is 0.838. The van der Waals surface area contributed by atoms with Crippen LogP contribution in [-0.2, 0) is 19.1 Å². The number of benzene rings is 1. The van der Waals surface area contributed by atoms with Crippen molar-refractivity contribution in [1.29, 1.82) is 0 Å². The molecule has 0 aliphatic rings. The molecular formula is C15H15NO7. The molecule has 0 heterocycles. The zero-order chi connectivity index (χ0) is 17.6. The van der Waals surface area contributed by atoms with Crippen LogP contribution in [0.5, 0.6) is 0 Å². The summed E-state index contributed by atoms with van der Waals surface area (Å²) in [6, 6.07) is 5.03. The number of rotatable bonds is 7. The molecule has 0 aliphatic carbocycles. The van der Waals surface area contributed by atoms with Gasteiger partial charge in [0.25, 0.3) is 11.5 Å². The van der Waals surface area contributed by atoms with Crippen molar-refractivity contribution < 1.29 is 29.2 Å². The van der Waals surface area contributed by atoms with Crippen molar-refractivity contribution in [3.63, 3.8) is 0 Å². The first-order valence-electron chi connectivity index (χ1n) is 6.71. The maximum atomic E-state index is 11.9. The molecule has 1 unspecified atom stereocenters. The summed E-state index contributed by atoms with van der Waals surface area (Å²) in [4.78, 5) is 44.8. The highest BCUT2D eigenvalue weighted by molar-refractivity contribution is 6.47. The van der Waals surface area contributed by atoms with Crippen molar-refractivity contribution in [3.8, 4) is 0 Å². The van der Waals surface area contributed by atoms with Crippen molar-refractivity contribution in [3.05, 3.63) is 45.5 Å². The predicted octanol–water partition coefficient (Wildman–Crippen LogP) is 1.97. The Bertz CT molecular complexity index is 678. The summed E-state index contributed by atoms with van der Waals surface area (Å²) >= 11 is 0. The number of aliphatic carboxylic acids is 1. The Morgan fingerprint density at radius 2 is 2.04 bits per heavy atom. The lowest BCUT2D eigenvalue weighted by molar-refractivity contribution is -0.384. The lowest BCUT2D eigenvalue weighted by atomic mass is 10.1. The van der Waals surface area contributed by atoms with E-state index in [0.29, 0.717) is 6.42 Å². The Kier molecular flexibility index (Phi) is 6.13. The zero-order valence-corrected chi connectivity index (χ0v) is 12.5. The van der Waals surface area contributed by atoms with Crippen LogP contribution in [0.4, 0.5) is 5.69 Å². The number of nitrogens with zero attached hydrogens (tertiary/aromatic N) is 1. The van der Waals surface area contributed by atoms with E-state index in [1.807, 2.05) is 0 Å². The molecule has 0 spiro atoms. The molecule has 1 N–H and O–H groups in total. The number of carboxylic acid groups (broad SMARTS) is 1. The van der Waals surface area contributed by atoms with Crippen LogP contribution in [0.25, 0.3) is 6.08 Å². The molecule has 8 heteroatoms. The molecule has 0 aliphatic heterocycles. The van der Waals surface area contributed by atoms with Gasteiger partial charge in [-0.05, 0) is 25.0 Å². The van der Waals surface area contributed by atoms with Crippen molar-refractivity contribution in [1.82, 2.24) is 0 Å². The average molecular weight is 321 g/mol. The van der Waals surface area contributed by atoms with Gasteiger partial charge in [0, 0.05) is 12.1 Å². The largest absolute Gasteiger partial charge is 0.478 e. The summed E-state index contributed by atoms with van der Waals surface area (Å²) < 4.78 is 4.79. The lowest BCUT2D eigenvalue weighted by Crippen LogP contribution is -2.26. The standard InChI is InChI=1S/C15H15NO7/c1-3-9(2)23-15(20)13(17)12(14(18)19)8-10-5-4-6-11(7-10)16(21)22/h4-9H,3H2,1-2H3,(H,18,19). The van der Waals surface area contributed by atoms with Gasteiger partial charge in [-0.2, -0.15) is 0 Å². The highest BCUT2D eigenvalue weighted by atomic mass is 16.6. The van der Waals surface area contributed by atoms with E-state index >= 15 is 0 Å².